The fourth-order valence-electron chi connectivity index (χ4n) is 1.89. The molecule has 2 aromatic rings. The average molecular weight is 263 g/mol. The van der Waals surface area contributed by atoms with Gasteiger partial charge in [0.1, 0.15) is 11.4 Å². The number of nitrogens with zero attached hydrogens (tertiary/aromatic N) is 2. The standard InChI is InChI=1S/C13H14FN3O2/c1-3-9-11(7-17(2)16-9)15-10-6-4-5-8(14)12(10)13(18)19/h4-7,15H,3H2,1-2H3,(H,18,19). The van der Waals surface area contributed by atoms with Gasteiger partial charge in [0.2, 0.25) is 0 Å². The molecule has 100 valence electrons. The monoisotopic (exact) mass is 263 g/mol. The fourth-order valence-corrected chi connectivity index (χ4v) is 1.89. The van der Waals surface area contributed by atoms with Crippen LogP contribution in [0.3, 0.4) is 0 Å². The molecule has 0 unspecified atom stereocenters. The Hall–Kier alpha value is -2.37. The summed E-state index contributed by atoms with van der Waals surface area (Å²) >= 11 is 0. The molecule has 1 heterocycles. The lowest BCUT2D eigenvalue weighted by Gasteiger charge is -2.09. The fraction of sp³-hybridized carbons (Fsp3) is 0.231. The Labute approximate surface area is 109 Å². The van der Waals surface area contributed by atoms with Crippen molar-refractivity contribution in [2.75, 3.05) is 5.32 Å². The van der Waals surface area contributed by atoms with Crippen molar-refractivity contribution in [2.24, 2.45) is 7.05 Å². The van der Waals surface area contributed by atoms with Gasteiger partial charge >= 0.3 is 5.97 Å². The van der Waals surface area contributed by atoms with Gasteiger partial charge in [-0.1, -0.05) is 13.0 Å². The number of aromatic carboxylic acids is 1. The highest BCUT2D eigenvalue weighted by Gasteiger charge is 2.17. The van der Waals surface area contributed by atoms with Crippen molar-refractivity contribution < 1.29 is 14.3 Å². The molecule has 1 aromatic heterocycles. The molecule has 0 aliphatic heterocycles. The Kier molecular flexibility index (Phi) is 3.50. The maximum atomic E-state index is 13.5. The number of carbonyl (C=O) groups is 1. The van der Waals surface area contributed by atoms with Crippen LogP contribution in [0.4, 0.5) is 15.8 Å². The van der Waals surface area contributed by atoms with Gasteiger partial charge in [0.05, 0.1) is 17.1 Å². The van der Waals surface area contributed by atoms with Crippen molar-refractivity contribution in [3.05, 3.63) is 41.5 Å². The third-order valence-electron chi connectivity index (χ3n) is 2.74. The van der Waals surface area contributed by atoms with Crippen LogP contribution in [-0.2, 0) is 13.5 Å². The summed E-state index contributed by atoms with van der Waals surface area (Å²) in [6.07, 6.45) is 2.43. The molecule has 1 aromatic carbocycles. The molecule has 5 nitrogen and oxygen atoms in total. The van der Waals surface area contributed by atoms with Gasteiger partial charge in [-0.15, -0.1) is 0 Å². The van der Waals surface area contributed by atoms with E-state index in [9.17, 15) is 9.18 Å². The van der Waals surface area contributed by atoms with Crippen LogP contribution in [0.15, 0.2) is 24.4 Å². The van der Waals surface area contributed by atoms with Crippen molar-refractivity contribution in [3.8, 4) is 0 Å². The van der Waals surface area contributed by atoms with Gasteiger partial charge in [0, 0.05) is 13.2 Å². The maximum absolute atomic E-state index is 13.5. The summed E-state index contributed by atoms with van der Waals surface area (Å²) in [6.45, 7) is 1.94. The number of benzene rings is 1. The Morgan fingerprint density at radius 3 is 2.84 bits per heavy atom. The van der Waals surface area contributed by atoms with Crippen LogP contribution in [0.25, 0.3) is 0 Å². The van der Waals surface area contributed by atoms with Crippen LogP contribution in [0, 0.1) is 5.82 Å². The first-order valence-corrected chi connectivity index (χ1v) is 5.84. The minimum absolute atomic E-state index is 0.218. The lowest BCUT2D eigenvalue weighted by Crippen LogP contribution is -2.06. The summed E-state index contributed by atoms with van der Waals surface area (Å²) in [5, 5.41) is 16.2. The molecule has 0 atom stereocenters. The van der Waals surface area contributed by atoms with Gasteiger partial charge in [0.25, 0.3) is 0 Å². The van der Waals surface area contributed by atoms with E-state index in [0.29, 0.717) is 12.1 Å². The highest BCUT2D eigenvalue weighted by Crippen LogP contribution is 2.25. The number of carboxylic acids is 1. The first-order valence-electron chi connectivity index (χ1n) is 5.84. The zero-order valence-electron chi connectivity index (χ0n) is 10.6. The van der Waals surface area contributed by atoms with E-state index < -0.39 is 11.8 Å². The third kappa shape index (κ3) is 2.57. The van der Waals surface area contributed by atoms with E-state index in [4.69, 9.17) is 5.11 Å². The summed E-state index contributed by atoms with van der Waals surface area (Å²) in [5.41, 5.74) is 1.32. The number of halogens is 1. The van der Waals surface area contributed by atoms with Crippen molar-refractivity contribution in [3.63, 3.8) is 0 Å². The molecule has 0 radical (unpaired) electrons. The second-order valence-corrected chi connectivity index (χ2v) is 4.11. The zero-order chi connectivity index (χ0) is 14.0. The van der Waals surface area contributed by atoms with Gasteiger partial charge in [-0.2, -0.15) is 5.10 Å². The van der Waals surface area contributed by atoms with Crippen LogP contribution in [-0.4, -0.2) is 20.9 Å². The molecule has 0 saturated heterocycles. The topological polar surface area (TPSA) is 67.2 Å². The van der Waals surface area contributed by atoms with E-state index in [1.54, 1.807) is 17.9 Å². The van der Waals surface area contributed by atoms with Crippen molar-refractivity contribution in [2.45, 2.75) is 13.3 Å². The summed E-state index contributed by atoms with van der Waals surface area (Å²) in [5.74, 6) is -2.07. The summed E-state index contributed by atoms with van der Waals surface area (Å²) < 4.78 is 15.2. The predicted molar refractivity (Wildman–Crippen MR) is 69.2 cm³/mol. The molecule has 0 saturated carbocycles. The van der Waals surface area contributed by atoms with E-state index in [2.05, 4.69) is 10.4 Å². The number of rotatable bonds is 4. The van der Waals surface area contributed by atoms with Crippen LogP contribution < -0.4 is 5.32 Å². The predicted octanol–water partition coefficient (Wildman–Crippen LogP) is 2.56. The van der Waals surface area contributed by atoms with Gasteiger partial charge in [0.15, 0.2) is 0 Å². The molecule has 19 heavy (non-hydrogen) atoms. The van der Waals surface area contributed by atoms with Crippen molar-refractivity contribution in [1.29, 1.82) is 0 Å². The number of carboxylic acid groups (broad SMARTS) is 1. The lowest BCUT2D eigenvalue weighted by molar-refractivity contribution is 0.0693. The molecule has 0 aliphatic rings. The Bertz CT molecular complexity index is 622. The minimum Gasteiger partial charge on any atom is -0.478 e. The van der Waals surface area contributed by atoms with Gasteiger partial charge in [-0.25, -0.2) is 9.18 Å². The number of aryl methyl sites for hydroxylation is 2. The zero-order valence-corrected chi connectivity index (χ0v) is 10.6. The Morgan fingerprint density at radius 2 is 2.21 bits per heavy atom. The Balaban J connectivity index is 2.43. The maximum Gasteiger partial charge on any atom is 0.340 e. The van der Waals surface area contributed by atoms with Crippen LogP contribution in [0.1, 0.15) is 23.0 Å². The van der Waals surface area contributed by atoms with Crippen molar-refractivity contribution in [1.82, 2.24) is 9.78 Å². The first-order chi connectivity index (χ1) is 9.02. The van der Waals surface area contributed by atoms with Crippen LogP contribution in [0.2, 0.25) is 0 Å². The SMILES string of the molecule is CCc1nn(C)cc1Nc1cccc(F)c1C(=O)O. The second-order valence-electron chi connectivity index (χ2n) is 4.11. The number of hydrogen-bond acceptors (Lipinski definition) is 3. The minimum atomic E-state index is -1.30. The third-order valence-corrected chi connectivity index (χ3v) is 2.74. The molecular weight excluding hydrogens is 249 g/mol. The molecule has 0 fully saturated rings. The van der Waals surface area contributed by atoms with E-state index in [1.165, 1.54) is 12.1 Å². The number of anilines is 2. The van der Waals surface area contributed by atoms with E-state index in [0.717, 1.165) is 11.8 Å². The number of aromatic nitrogens is 2. The van der Waals surface area contributed by atoms with Crippen LogP contribution in [0.5, 0.6) is 0 Å². The first kappa shape index (κ1) is 13.1. The van der Waals surface area contributed by atoms with Gasteiger partial charge in [-0.05, 0) is 18.6 Å². The molecule has 0 spiro atoms. The van der Waals surface area contributed by atoms with Gasteiger partial charge in [-0.3, -0.25) is 4.68 Å². The normalized spacial score (nSPS) is 10.5. The lowest BCUT2D eigenvalue weighted by atomic mass is 10.1. The van der Waals surface area contributed by atoms with E-state index in [1.807, 2.05) is 6.92 Å². The molecule has 2 N–H and O–H groups in total. The average Bonchev–Trinajstić information content (AvgIpc) is 2.69. The smallest absolute Gasteiger partial charge is 0.340 e. The largest absolute Gasteiger partial charge is 0.478 e. The Morgan fingerprint density at radius 1 is 1.47 bits per heavy atom. The summed E-state index contributed by atoms with van der Waals surface area (Å²) in [4.78, 5) is 11.1. The van der Waals surface area contributed by atoms with E-state index >= 15 is 0 Å². The number of hydrogen-bond donors (Lipinski definition) is 2. The van der Waals surface area contributed by atoms with E-state index in [-0.39, 0.29) is 11.3 Å². The molecule has 2 rings (SSSR count). The summed E-state index contributed by atoms with van der Waals surface area (Å²) in [6, 6.07) is 4.11. The quantitative estimate of drug-likeness (QED) is 0.889. The molecule has 6 heteroatoms. The second kappa shape index (κ2) is 5.09. The van der Waals surface area contributed by atoms with Gasteiger partial charge < -0.3 is 10.4 Å². The molecular formula is C13H14FN3O2. The van der Waals surface area contributed by atoms with Crippen molar-refractivity contribution >= 4 is 17.3 Å². The summed E-state index contributed by atoms with van der Waals surface area (Å²) in [7, 11) is 1.77. The molecule has 0 aliphatic carbocycles. The highest BCUT2D eigenvalue weighted by molar-refractivity contribution is 5.95. The molecule has 0 bridgehead atoms. The van der Waals surface area contributed by atoms with Crippen LogP contribution >= 0.6 is 0 Å². The molecule has 0 amide bonds. The number of nitrogens with one attached hydrogen (secondary N) is 1. The highest BCUT2D eigenvalue weighted by atomic mass is 19.1.